The van der Waals surface area contributed by atoms with Crippen LogP contribution in [0.15, 0.2) is 83.3 Å². The van der Waals surface area contributed by atoms with Crippen LogP contribution in [-0.2, 0) is 0 Å². The summed E-state index contributed by atoms with van der Waals surface area (Å²) in [6, 6.07) is 29.1. The van der Waals surface area contributed by atoms with E-state index in [2.05, 4.69) is 127 Å². The van der Waals surface area contributed by atoms with Crippen LogP contribution in [0.25, 0.3) is 33.0 Å². The Hall–Kier alpha value is -1.42. The minimum absolute atomic E-state index is 0.359. The Balaban J connectivity index is 1.83. The summed E-state index contributed by atoms with van der Waals surface area (Å²) in [7, 11) is 0. The lowest BCUT2D eigenvalue weighted by molar-refractivity contribution is 0.725. The fourth-order valence-corrected chi connectivity index (χ4v) is 5.82. The van der Waals surface area contributed by atoms with Crippen molar-refractivity contribution in [2.24, 2.45) is 0 Å². The first-order valence-corrected chi connectivity index (χ1v) is 12.4. The van der Waals surface area contributed by atoms with Crippen LogP contribution in [0.3, 0.4) is 0 Å². The van der Waals surface area contributed by atoms with Crippen LogP contribution in [0, 0.1) is 0 Å². The Morgan fingerprint density at radius 1 is 0.586 bits per heavy atom. The molecule has 0 radical (unpaired) electrons. The first-order valence-electron chi connectivity index (χ1n) is 9.82. The number of halogens is 3. The average Bonchev–Trinajstić information content (AvgIpc) is 2.78. The predicted octanol–water partition coefficient (Wildman–Crippen LogP) is 9.60. The third-order valence-electron chi connectivity index (χ3n) is 5.83. The Bertz CT molecular complexity index is 1120. The monoisotopic (exact) mass is 568 g/mol. The van der Waals surface area contributed by atoms with Gasteiger partial charge >= 0.3 is 0 Å². The number of hydrogen-bond donors (Lipinski definition) is 0. The van der Waals surface area contributed by atoms with E-state index in [1.807, 2.05) is 0 Å². The van der Waals surface area contributed by atoms with Gasteiger partial charge in [0.15, 0.2) is 0 Å². The van der Waals surface area contributed by atoms with Gasteiger partial charge in [0.05, 0.1) is 0 Å². The summed E-state index contributed by atoms with van der Waals surface area (Å²) in [6.45, 7) is 0. The van der Waals surface area contributed by atoms with Crippen molar-refractivity contribution in [2.45, 2.75) is 22.5 Å². The van der Waals surface area contributed by atoms with Gasteiger partial charge in [-0.2, -0.15) is 0 Å². The fourth-order valence-electron chi connectivity index (χ4n) is 4.22. The van der Waals surface area contributed by atoms with Crippen molar-refractivity contribution in [3.8, 4) is 22.3 Å². The maximum absolute atomic E-state index is 3.90. The largest absolute Gasteiger partial charge is 0.0839 e. The molecule has 0 unspecified atom stereocenters. The third-order valence-corrected chi connectivity index (χ3v) is 8.49. The molecule has 0 heterocycles. The lowest BCUT2D eigenvalue weighted by Crippen LogP contribution is -1.95. The van der Waals surface area contributed by atoms with Crippen molar-refractivity contribution in [1.82, 2.24) is 0 Å². The van der Waals surface area contributed by atoms with Crippen LogP contribution in [0.2, 0.25) is 0 Å². The fraction of sp³-hybridized carbons (Fsp3) is 0.154. The van der Waals surface area contributed by atoms with Crippen LogP contribution in [0.5, 0.6) is 0 Å². The van der Waals surface area contributed by atoms with Crippen molar-refractivity contribution in [3.63, 3.8) is 0 Å². The Kier molecular flexibility index (Phi) is 5.40. The number of alkyl halides is 2. The molecule has 3 heteroatoms. The van der Waals surface area contributed by atoms with Crippen LogP contribution in [-0.4, -0.2) is 0 Å². The molecule has 4 aliphatic carbocycles. The highest BCUT2D eigenvalue weighted by atomic mass is 79.9. The molecule has 0 saturated heterocycles. The molecular weight excluding hydrogens is 552 g/mol. The molecule has 4 aliphatic rings. The van der Waals surface area contributed by atoms with Crippen LogP contribution < -0.4 is 0 Å². The Morgan fingerprint density at radius 2 is 1.10 bits per heavy atom. The van der Waals surface area contributed by atoms with Gasteiger partial charge in [-0.15, -0.1) is 0 Å². The van der Waals surface area contributed by atoms with Gasteiger partial charge in [-0.05, 0) is 63.1 Å². The van der Waals surface area contributed by atoms with E-state index in [0.29, 0.717) is 9.65 Å². The zero-order chi connectivity index (χ0) is 20.0. The van der Waals surface area contributed by atoms with Gasteiger partial charge in [-0.3, -0.25) is 0 Å². The molecule has 144 valence electrons. The lowest BCUT2D eigenvalue weighted by Gasteiger charge is -2.15. The molecule has 0 fully saturated rings. The van der Waals surface area contributed by atoms with E-state index >= 15 is 0 Å². The molecule has 4 aromatic carbocycles. The quantitative estimate of drug-likeness (QED) is 0.185. The average molecular weight is 571 g/mol. The summed E-state index contributed by atoms with van der Waals surface area (Å²) >= 11 is 11.6. The summed E-state index contributed by atoms with van der Waals surface area (Å²) in [5, 5.41) is 2.54. The minimum Gasteiger partial charge on any atom is -0.0839 e. The highest BCUT2D eigenvalue weighted by molar-refractivity contribution is 9.10. The molecule has 4 aromatic rings. The molecule has 29 heavy (non-hydrogen) atoms. The van der Waals surface area contributed by atoms with Gasteiger partial charge in [0.25, 0.3) is 0 Å². The summed E-state index contributed by atoms with van der Waals surface area (Å²) in [5.41, 5.74) is 7.72. The van der Waals surface area contributed by atoms with E-state index in [4.69, 9.17) is 0 Å². The van der Waals surface area contributed by atoms with Crippen molar-refractivity contribution in [3.05, 3.63) is 94.5 Å². The van der Waals surface area contributed by atoms with E-state index in [1.54, 1.807) is 0 Å². The minimum atomic E-state index is 0.359. The van der Waals surface area contributed by atoms with Crippen molar-refractivity contribution in [1.29, 1.82) is 0 Å². The van der Waals surface area contributed by atoms with Gasteiger partial charge in [0, 0.05) is 14.1 Å². The van der Waals surface area contributed by atoms with E-state index in [0.717, 1.165) is 17.3 Å². The van der Waals surface area contributed by atoms with E-state index in [9.17, 15) is 0 Å². The smallest absolute Gasteiger partial charge is 0.0395 e. The first kappa shape index (κ1) is 19.5. The normalized spacial score (nSPS) is 18.6. The predicted molar refractivity (Wildman–Crippen MR) is 135 cm³/mol. The molecular formula is C26H19Br3. The molecule has 0 saturated carbocycles. The van der Waals surface area contributed by atoms with Crippen molar-refractivity contribution < 1.29 is 0 Å². The summed E-state index contributed by atoms with van der Waals surface area (Å²) in [5.74, 6) is 0. The van der Waals surface area contributed by atoms with Gasteiger partial charge < -0.3 is 0 Å². The molecule has 8 rings (SSSR count). The van der Waals surface area contributed by atoms with Crippen LogP contribution in [0.4, 0.5) is 0 Å². The second-order valence-corrected chi connectivity index (χ2v) is 10.6. The molecule has 0 nitrogen and oxygen atoms in total. The molecule has 0 N–H and O–H groups in total. The molecule has 0 aromatic heterocycles. The van der Waals surface area contributed by atoms with Gasteiger partial charge in [-0.1, -0.05) is 121 Å². The van der Waals surface area contributed by atoms with Gasteiger partial charge in [-0.25, -0.2) is 0 Å². The second-order valence-electron chi connectivity index (χ2n) is 7.58. The summed E-state index contributed by atoms with van der Waals surface area (Å²) < 4.78 is 1.13. The molecule has 4 bridgehead atoms. The maximum Gasteiger partial charge on any atom is 0.0395 e. The van der Waals surface area contributed by atoms with E-state index in [1.165, 1.54) is 44.2 Å². The SMILES string of the molecule is Brc1ccc2c3c(cccc13)-c1ccc(cc1)[C@H](Br)CC[C@H](Br)c1ccc-2cc1. The number of rotatable bonds is 0. The molecule has 0 amide bonds. The summed E-state index contributed by atoms with van der Waals surface area (Å²) in [6.07, 6.45) is 2.17. The zero-order valence-electron chi connectivity index (χ0n) is 15.7. The standard InChI is InChI=1S/C26H19Br3/c27-23-14-15-24(28)19-10-6-17(7-11-19)21-12-13-25(29)22-3-1-2-20(26(21)22)16-4-8-18(23)9-5-16/h1-13,23-24H,14-15H2/t23-,24+/m1/s1. The topological polar surface area (TPSA) is 0 Å². The lowest BCUT2D eigenvalue weighted by atomic mass is 9.91. The molecule has 0 spiro atoms. The third kappa shape index (κ3) is 3.62. The highest BCUT2D eigenvalue weighted by Gasteiger charge is 2.16. The van der Waals surface area contributed by atoms with Crippen LogP contribution in [0.1, 0.15) is 33.6 Å². The maximum atomic E-state index is 3.90. The Labute approximate surface area is 196 Å². The Morgan fingerprint density at radius 3 is 1.66 bits per heavy atom. The van der Waals surface area contributed by atoms with Gasteiger partial charge in [0.2, 0.25) is 0 Å². The van der Waals surface area contributed by atoms with Gasteiger partial charge in [0.1, 0.15) is 0 Å². The highest BCUT2D eigenvalue weighted by Crippen LogP contribution is 2.42. The zero-order valence-corrected chi connectivity index (χ0v) is 20.5. The van der Waals surface area contributed by atoms with E-state index < -0.39 is 0 Å². The van der Waals surface area contributed by atoms with E-state index in [-0.39, 0.29) is 0 Å². The van der Waals surface area contributed by atoms with Crippen molar-refractivity contribution in [2.75, 3.05) is 0 Å². The molecule has 2 atom stereocenters. The molecule has 0 aliphatic heterocycles. The number of hydrogen-bond acceptors (Lipinski definition) is 0. The second kappa shape index (κ2) is 8.02. The van der Waals surface area contributed by atoms with Crippen molar-refractivity contribution >= 4 is 58.6 Å². The van der Waals surface area contributed by atoms with Crippen LogP contribution >= 0.6 is 47.8 Å². The number of benzene rings is 4. The first-order chi connectivity index (χ1) is 14.1. The summed E-state index contributed by atoms with van der Waals surface area (Å²) in [4.78, 5) is 0.719.